The molecular formula is C14H19F3N2O. The summed E-state index contributed by atoms with van der Waals surface area (Å²) in [5.41, 5.74) is 0.0362. The Hall–Kier alpha value is -1.56. The lowest BCUT2D eigenvalue weighted by atomic mass is 10.1. The molecule has 0 aromatic heterocycles. The van der Waals surface area contributed by atoms with Crippen molar-refractivity contribution in [2.75, 3.05) is 11.9 Å². The van der Waals surface area contributed by atoms with Crippen LogP contribution in [-0.4, -0.2) is 18.5 Å². The third kappa shape index (κ3) is 4.85. The molecule has 0 radical (unpaired) electrons. The Morgan fingerprint density at radius 3 is 2.55 bits per heavy atom. The lowest BCUT2D eigenvalue weighted by Gasteiger charge is -2.15. The summed E-state index contributed by atoms with van der Waals surface area (Å²) in [6.07, 6.45) is -4.20. The molecular weight excluding hydrogens is 269 g/mol. The minimum atomic E-state index is -4.41. The quantitative estimate of drug-likeness (QED) is 0.872. The molecule has 1 unspecified atom stereocenters. The SMILES string of the molecule is CCNC(C)CC(=O)Nc1cc(C(F)(F)F)ccc1C. The average molecular weight is 288 g/mol. The minimum Gasteiger partial charge on any atom is -0.326 e. The zero-order chi connectivity index (χ0) is 15.3. The van der Waals surface area contributed by atoms with Gasteiger partial charge in [0.2, 0.25) is 5.91 Å². The molecule has 0 heterocycles. The maximum atomic E-state index is 12.6. The fourth-order valence-electron chi connectivity index (χ4n) is 1.83. The number of carbonyl (C=O) groups is 1. The third-order valence-electron chi connectivity index (χ3n) is 2.88. The number of nitrogens with one attached hydrogen (secondary N) is 2. The highest BCUT2D eigenvalue weighted by molar-refractivity contribution is 5.91. The Morgan fingerprint density at radius 1 is 1.35 bits per heavy atom. The average Bonchev–Trinajstić information content (AvgIpc) is 2.30. The van der Waals surface area contributed by atoms with Crippen LogP contribution in [0.5, 0.6) is 0 Å². The highest BCUT2D eigenvalue weighted by atomic mass is 19.4. The van der Waals surface area contributed by atoms with Gasteiger partial charge in [0.1, 0.15) is 0 Å². The van der Waals surface area contributed by atoms with Crippen LogP contribution in [0.25, 0.3) is 0 Å². The Kier molecular flexibility index (Phi) is 5.56. The molecule has 0 fully saturated rings. The molecule has 0 aliphatic rings. The normalized spacial score (nSPS) is 13.1. The lowest BCUT2D eigenvalue weighted by Crippen LogP contribution is -2.30. The monoisotopic (exact) mass is 288 g/mol. The van der Waals surface area contributed by atoms with Crippen LogP contribution in [0.15, 0.2) is 18.2 Å². The number of aryl methyl sites for hydroxylation is 1. The summed E-state index contributed by atoms with van der Waals surface area (Å²) in [6, 6.07) is 3.30. The van der Waals surface area contributed by atoms with Gasteiger partial charge in [0.15, 0.2) is 0 Å². The number of carbonyl (C=O) groups excluding carboxylic acids is 1. The van der Waals surface area contributed by atoms with Gasteiger partial charge in [-0.3, -0.25) is 4.79 Å². The van der Waals surface area contributed by atoms with Crippen LogP contribution in [0.3, 0.4) is 0 Å². The molecule has 3 nitrogen and oxygen atoms in total. The predicted octanol–water partition coefficient (Wildman–Crippen LogP) is 3.34. The van der Waals surface area contributed by atoms with Crippen LogP contribution in [0.1, 0.15) is 31.4 Å². The molecule has 20 heavy (non-hydrogen) atoms. The Morgan fingerprint density at radius 2 is 2.00 bits per heavy atom. The Bertz CT molecular complexity index is 472. The molecule has 0 spiro atoms. The molecule has 0 bridgehead atoms. The van der Waals surface area contributed by atoms with Gasteiger partial charge in [-0.15, -0.1) is 0 Å². The van der Waals surface area contributed by atoms with E-state index in [4.69, 9.17) is 0 Å². The molecule has 0 aliphatic heterocycles. The third-order valence-corrected chi connectivity index (χ3v) is 2.88. The van der Waals surface area contributed by atoms with Crippen molar-refractivity contribution in [2.45, 2.75) is 39.4 Å². The molecule has 1 amide bonds. The van der Waals surface area contributed by atoms with Gasteiger partial charge in [0, 0.05) is 18.2 Å². The van der Waals surface area contributed by atoms with Crippen molar-refractivity contribution in [3.8, 4) is 0 Å². The van der Waals surface area contributed by atoms with Gasteiger partial charge in [-0.2, -0.15) is 13.2 Å². The van der Waals surface area contributed by atoms with Gasteiger partial charge in [-0.25, -0.2) is 0 Å². The lowest BCUT2D eigenvalue weighted by molar-refractivity contribution is -0.137. The Labute approximate surface area is 116 Å². The van der Waals surface area contributed by atoms with Crippen molar-refractivity contribution in [1.82, 2.24) is 5.32 Å². The summed E-state index contributed by atoms with van der Waals surface area (Å²) in [5, 5.41) is 5.60. The zero-order valence-corrected chi connectivity index (χ0v) is 11.8. The summed E-state index contributed by atoms with van der Waals surface area (Å²) in [6.45, 7) is 6.16. The highest BCUT2D eigenvalue weighted by Crippen LogP contribution is 2.32. The number of amides is 1. The smallest absolute Gasteiger partial charge is 0.326 e. The summed E-state index contributed by atoms with van der Waals surface area (Å²) >= 11 is 0. The molecule has 1 rings (SSSR count). The molecule has 1 aromatic rings. The zero-order valence-electron chi connectivity index (χ0n) is 11.8. The van der Waals surface area contributed by atoms with E-state index in [2.05, 4.69) is 10.6 Å². The molecule has 0 aliphatic carbocycles. The van der Waals surface area contributed by atoms with Gasteiger partial charge >= 0.3 is 6.18 Å². The maximum absolute atomic E-state index is 12.6. The van der Waals surface area contributed by atoms with E-state index in [-0.39, 0.29) is 24.1 Å². The van der Waals surface area contributed by atoms with Gasteiger partial charge < -0.3 is 10.6 Å². The van der Waals surface area contributed by atoms with Crippen LogP contribution in [0, 0.1) is 6.92 Å². The minimum absolute atomic E-state index is 0.0221. The fourth-order valence-corrected chi connectivity index (χ4v) is 1.83. The van der Waals surface area contributed by atoms with Gasteiger partial charge in [0.25, 0.3) is 0 Å². The molecule has 0 saturated carbocycles. The number of benzene rings is 1. The molecule has 1 atom stereocenters. The van der Waals surface area contributed by atoms with Crippen molar-refractivity contribution in [2.24, 2.45) is 0 Å². The van der Waals surface area contributed by atoms with Crippen molar-refractivity contribution in [3.05, 3.63) is 29.3 Å². The molecule has 0 saturated heterocycles. The topological polar surface area (TPSA) is 41.1 Å². The first kappa shape index (κ1) is 16.5. The van der Waals surface area contributed by atoms with Crippen molar-refractivity contribution < 1.29 is 18.0 Å². The van der Waals surface area contributed by atoms with Crippen LogP contribution in [-0.2, 0) is 11.0 Å². The van der Waals surface area contributed by atoms with E-state index in [1.54, 1.807) is 6.92 Å². The molecule has 2 N–H and O–H groups in total. The summed E-state index contributed by atoms with van der Waals surface area (Å²) in [5.74, 6) is -0.305. The first-order valence-corrected chi connectivity index (χ1v) is 6.45. The van der Waals surface area contributed by atoms with E-state index >= 15 is 0 Å². The number of anilines is 1. The van der Waals surface area contributed by atoms with E-state index in [0.29, 0.717) is 5.56 Å². The van der Waals surface area contributed by atoms with Crippen molar-refractivity contribution in [1.29, 1.82) is 0 Å². The van der Waals surface area contributed by atoms with E-state index in [1.807, 2.05) is 13.8 Å². The highest BCUT2D eigenvalue weighted by Gasteiger charge is 2.30. The predicted molar refractivity (Wildman–Crippen MR) is 72.6 cm³/mol. The van der Waals surface area contributed by atoms with Gasteiger partial charge in [-0.05, 0) is 38.1 Å². The van der Waals surface area contributed by atoms with Crippen LogP contribution >= 0.6 is 0 Å². The van der Waals surface area contributed by atoms with Gasteiger partial charge in [-0.1, -0.05) is 13.0 Å². The number of hydrogen-bond donors (Lipinski definition) is 2. The second-order valence-electron chi connectivity index (χ2n) is 4.74. The Balaban J connectivity index is 2.79. The molecule has 1 aromatic carbocycles. The number of halogens is 3. The largest absolute Gasteiger partial charge is 0.416 e. The summed E-state index contributed by atoms with van der Waals surface area (Å²) in [4.78, 5) is 11.8. The van der Waals surface area contributed by atoms with Gasteiger partial charge in [0.05, 0.1) is 5.56 Å². The molecule has 112 valence electrons. The van der Waals surface area contributed by atoms with E-state index < -0.39 is 11.7 Å². The van der Waals surface area contributed by atoms with Crippen LogP contribution < -0.4 is 10.6 Å². The standard InChI is InChI=1S/C14H19F3N2O/c1-4-18-10(3)7-13(20)19-12-8-11(14(15,16)17)6-5-9(12)2/h5-6,8,10,18H,4,7H2,1-3H3,(H,19,20). The molecule has 6 heteroatoms. The van der Waals surface area contributed by atoms with Crippen molar-refractivity contribution >= 4 is 11.6 Å². The number of rotatable bonds is 5. The first-order chi connectivity index (χ1) is 9.24. The van der Waals surface area contributed by atoms with E-state index in [1.165, 1.54) is 6.07 Å². The van der Waals surface area contributed by atoms with E-state index in [9.17, 15) is 18.0 Å². The van der Waals surface area contributed by atoms with E-state index in [0.717, 1.165) is 18.7 Å². The van der Waals surface area contributed by atoms with Crippen LogP contribution in [0.2, 0.25) is 0 Å². The first-order valence-electron chi connectivity index (χ1n) is 6.45. The second kappa shape index (κ2) is 6.74. The second-order valence-corrected chi connectivity index (χ2v) is 4.74. The summed E-state index contributed by atoms with van der Waals surface area (Å²) < 4.78 is 37.9. The number of alkyl halides is 3. The summed E-state index contributed by atoms with van der Waals surface area (Å²) in [7, 11) is 0. The van der Waals surface area contributed by atoms with Crippen LogP contribution in [0.4, 0.5) is 18.9 Å². The number of hydrogen-bond acceptors (Lipinski definition) is 2. The fraction of sp³-hybridized carbons (Fsp3) is 0.500. The maximum Gasteiger partial charge on any atom is 0.416 e. The van der Waals surface area contributed by atoms with Crippen molar-refractivity contribution in [3.63, 3.8) is 0 Å².